The molecule has 0 fully saturated rings. The van der Waals surface area contributed by atoms with Gasteiger partial charge in [-0.25, -0.2) is 28.2 Å². The maximum absolute atomic E-state index is 13.9. The zero-order chi connectivity index (χ0) is 56.6. The highest BCUT2D eigenvalue weighted by Gasteiger charge is 2.45. The molecule has 79 heavy (non-hydrogen) atoms. The summed E-state index contributed by atoms with van der Waals surface area (Å²) < 4.78 is 49.0. The molecule has 5 N–H and O–H groups in total. The number of hydrogen-bond donors (Lipinski definition) is 5. The van der Waals surface area contributed by atoms with E-state index in [0.29, 0.717) is 91.2 Å². The van der Waals surface area contributed by atoms with Gasteiger partial charge in [0.25, 0.3) is 5.56 Å². The van der Waals surface area contributed by atoms with Crippen LogP contribution in [0.5, 0.6) is 11.5 Å². The molecular weight excluding hydrogens is 1040 g/mol. The van der Waals surface area contributed by atoms with Gasteiger partial charge in [0.1, 0.15) is 31.1 Å². The van der Waals surface area contributed by atoms with Crippen LogP contribution in [0.4, 0.5) is 0 Å². The minimum absolute atomic E-state index is 0.0154. The van der Waals surface area contributed by atoms with Crippen molar-refractivity contribution in [3.63, 3.8) is 0 Å². The van der Waals surface area contributed by atoms with Crippen LogP contribution in [0.3, 0.4) is 0 Å². The summed E-state index contributed by atoms with van der Waals surface area (Å²) >= 11 is 0. The molecule has 26 heteroatoms. The number of sulfone groups is 1. The molecule has 0 radical (unpaired) electrons. The Morgan fingerprint density at radius 3 is 2.39 bits per heavy atom. The number of esters is 1. The first-order valence-corrected chi connectivity index (χ1v) is 28.4. The number of cyclic esters (lactones) is 1. The number of aliphatic hydroxyl groups is 1. The monoisotopic (exact) mass is 1110 g/mol. The summed E-state index contributed by atoms with van der Waals surface area (Å²) in [7, 11) is 0.347. The van der Waals surface area contributed by atoms with Gasteiger partial charge in [-0.15, -0.1) is 5.10 Å². The number of hydrogen-bond acceptors (Lipinski definition) is 19. The quantitative estimate of drug-likeness (QED) is 0.0213. The van der Waals surface area contributed by atoms with Crippen molar-refractivity contribution >= 4 is 50.3 Å². The van der Waals surface area contributed by atoms with Gasteiger partial charge in [-0.05, 0) is 95.6 Å². The van der Waals surface area contributed by atoms with Crippen LogP contribution in [-0.2, 0) is 75.0 Å². The maximum Gasteiger partial charge on any atom is 0.343 e. The second-order valence-corrected chi connectivity index (χ2v) is 22.5. The number of benzene rings is 1. The van der Waals surface area contributed by atoms with E-state index in [9.17, 15) is 42.3 Å². The van der Waals surface area contributed by atoms with Crippen molar-refractivity contribution in [2.24, 2.45) is 5.92 Å². The lowest BCUT2D eigenvalue weighted by Gasteiger charge is -2.31. The molecule has 7 heterocycles. The fourth-order valence-corrected chi connectivity index (χ4v) is 10.2. The van der Waals surface area contributed by atoms with Gasteiger partial charge >= 0.3 is 5.97 Å². The molecule has 0 saturated heterocycles. The number of ether oxygens (including phenoxy) is 4. The average Bonchev–Trinajstić information content (AvgIpc) is 4.22. The number of amides is 4. The Balaban J connectivity index is 0.801. The fourth-order valence-electron chi connectivity index (χ4n) is 9.75. The molecule has 0 bridgehead atoms. The second kappa shape index (κ2) is 25.1. The molecule has 3 aliphatic heterocycles. The summed E-state index contributed by atoms with van der Waals surface area (Å²) in [4.78, 5) is 94.9. The van der Waals surface area contributed by atoms with E-state index in [-0.39, 0.29) is 86.3 Å². The van der Waals surface area contributed by atoms with Crippen LogP contribution >= 0.6 is 0 Å². The predicted octanol–water partition coefficient (Wildman–Crippen LogP) is 2.02. The summed E-state index contributed by atoms with van der Waals surface area (Å²) in [5.41, 5.74) is 2.43. The third-order valence-electron chi connectivity index (χ3n) is 14.1. The number of fused-ring (bicyclic) bond motifs is 6. The van der Waals surface area contributed by atoms with E-state index < -0.39 is 51.2 Å². The van der Waals surface area contributed by atoms with Crippen molar-refractivity contribution in [2.45, 2.75) is 128 Å². The molecule has 0 saturated carbocycles. The number of aromatic nitrogens is 7. The number of aryl methyl sites for hydroxylation is 2. The molecule has 8 rings (SSSR count). The minimum atomic E-state index is -3.54. The Kier molecular flexibility index (Phi) is 18.4. The molecule has 25 nitrogen and oxygen atoms in total. The largest absolute Gasteiger partial charge is 0.458 e. The van der Waals surface area contributed by atoms with E-state index in [4.69, 9.17) is 23.9 Å². The van der Waals surface area contributed by atoms with Crippen LogP contribution < -0.4 is 36.3 Å². The number of carbonyl (C=O) groups excluding carboxylic acids is 5. The molecule has 3 aliphatic rings. The van der Waals surface area contributed by atoms with Gasteiger partial charge in [-0.2, -0.15) is 0 Å². The van der Waals surface area contributed by atoms with Crippen molar-refractivity contribution < 1.29 is 56.4 Å². The summed E-state index contributed by atoms with van der Waals surface area (Å²) in [5.74, 6) is -1.91. The van der Waals surface area contributed by atoms with Gasteiger partial charge in [0.15, 0.2) is 17.1 Å². The van der Waals surface area contributed by atoms with Crippen LogP contribution in [0.25, 0.3) is 33.5 Å². The average molecular weight is 1110 g/mol. The highest BCUT2D eigenvalue weighted by atomic mass is 32.2. The lowest BCUT2D eigenvalue weighted by molar-refractivity contribution is -0.172. The Bertz CT molecular complexity index is 3270. The highest BCUT2D eigenvalue weighted by molar-refractivity contribution is 7.90. The second-order valence-electron chi connectivity index (χ2n) is 20.6. The van der Waals surface area contributed by atoms with Gasteiger partial charge < -0.3 is 54.8 Å². The zero-order valence-corrected chi connectivity index (χ0v) is 46.1. The maximum atomic E-state index is 13.9. The molecule has 2 unspecified atom stereocenters. The minimum Gasteiger partial charge on any atom is -0.458 e. The Hall–Kier alpha value is -7.42. The van der Waals surface area contributed by atoms with Crippen LogP contribution in [0.2, 0.25) is 0 Å². The van der Waals surface area contributed by atoms with Gasteiger partial charge in [0.2, 0.25) is 45.4 Å². The molecule has 4 aromatic heterocycles. The first-order valence-electron chi connectivity index (χ1n) is 26.5. The number of unbranched alkanes of at least 4 members (excludes halogenated alkanes) is 3. The van der Waals surface area contributed by atoms with E-state index in [1.165, 1.54) is 12.4 Å². The van der Waals surface area contributed by atoms with Crippen LogP contribution in [0, 0.1) is 5.92 Å². The van der Waals surface area contributed by atoms with Crippen molar-refractivity contribution in [3.8, 4) is 34.1 Å². The Labute approximate surface area is 456 Å². The van der Waals surface area contributed by atoms with Crippen LogP contribution in [0.15, 0.2) is 46.7 Å². The Morgan fingerprint density at radius 1 is 0.911 bits per heavy atom. The van der Waals surface area contributed by atoms with Gasteiger partial charge in [0.05, 0.1) is 41.8 Å². The first kappa shape index (κ1) is 57.7. The fraction of sp³-hybridized carbons (Fsp3) is 0.528. The number of pyridine rings is 2. The van der Waals surface area contributed by atoms with Gasteiger partial charge in [0, 0.05) is 66.4 Å². The predicted molar refractivity (Wildman–Crippen MR) is 285 cm³/mol. The summed E-state index contributed by atoms with van der Waals surface area (Å²) in [6.07, 6.45) is 10.2. The third kappa shape index (κ3) is 13.5. The number of rotatable bonds is 27. The van der Waals surface area contributed by atoms with Crippen molar-refractivity contribution in [2.75, 3.05) is 53.6 Å². The highest BCUT2D eigenvalue weighted by Crippen LogP contribution is 2.43. The van der Waals surface area contributed by atoms with E-state index in [0.717, 1.165) is 35.7 Å². The van der Waals surface area contributed by atoms with Crippen molar-refractivity contribution in [1.29, 1.82) is 0 Å². The summed E-state index contributed by atoms with van der Waals surface area (Å²) in [6, 6.07) is 3.42. The molecule has 4 amide bonds. The third-order valence-corrected chi connectivity index (χ3v) is 15.0. The van der Waals surface area contributed by atoms with Crippen LogP contribution in [0.1, 0.15) is 101 Å². The first-order chi connectivity index (χ1) is 37.7. The van der Waals surface area contributed by atoms with E-state index >= 15 is 0 Å². The molecular formula is C53H68N12O13S. The molecule has 424 valence electrons. The molecule has 5 aromatic rings. The molecule has 0 aliphatic carbocycles. The smallest absolute Gasteiger partial charge is 0.343 e. The van der Waals surface area contributed by atoms with Gasteiger partial charge in [-0.3, -0.25) is 28.7 Å². The van der Waals surface area contributed by atoms with Crippen molar-refractivity contribution in [3.05, 3.63) is 69.4 Å². The number of nitrogens with one attached hydrogen (secondary N) is 4. The lowest BCUT2D eigenvalue weighted by Crippen LogP contribution is -2.56. The number of nitrogens with zero attached hydrogens (tertiary/aromatic N) is 8. The lowest BCUT2D eigenvalue weighted by atomic mass is 9.86. The molecule has 3 atom stereocenters. The van der Waals surface area contributed by atoms with Gasteiger partial charge in [-0.1, -0.05) is 32.4 Å². The SMILES string of the molecule is CC[C@@]1(O)C(=O)OCc2c1cc1n(c2=O)Cc2c-1nc1cc3c(cc1c2CCCOCNC(=O)CNC(=O)C(CCCCN(C)C)NC(=O)C(NC(=O)CCCCCn1cc(-c2cnc(S(C)(=O)=O)nc2)nn1)C(C)C)OCO3. The standard InChI is InChI=1S/C53H68N12O13S/c1-7-53(72)37-21-41-47-35(26-65(41)50(70)36(37)28-76-51(53)71)33(34-20-42-43(78-30-77-42)22-39(34)58-47)14-13-19-75-29-57-45(67)25-54-48(68)38(15-10-12-17-63(4)5)59-49(69)46(31(2)3)60-44(66)16-9-8-11-18-64-27-40(61-62-64)32-23-55-52(56-24-32)79(6,73)74/h20-24,27,31,38,46,72H,7-19,25-26,28-30H2,1-6H3,(H,54,68)(H,57,67)(H,59,69)(H,60,66)/t38?,46?,53-/m0/s1. The zero-order valence-electron chi connectivity index (χ0n) is 45.3. The molecule has 1 aromatic carbocycles. The topological polar surface area (TPSA) is 319 Å². The van der Waals surface area contributed by atoms with Crippen LogP contribution in [-0.4, -0.2) is 148 Å². The van der Waals surface area contributed by atoms with E-state index in [1.54, 1.807) is 48.3 Å². The summed E-state index contributed by atoms with van der Waals surface area (Å²) in [5, 5.41) is 31.1. The Morgan fingerprint density at radius 2 is 1.67 bits per heavy atom. The number of carbonyl (C=O) groups is 5. The molecule has 0 spiro atoms. The van der Waals surface area contributed by atoms with Crippen molar-refractivity contribution in [1.82, 2.24) is 60.7 Å². The van der Waals surface area contributed by atoms with E-state index in [1.807, 2.05) is 25.1 Å². The normalized spacial score (nSPS) is 16.0. The van der Waals surface area contributed by atoms with E-state index in [2.05, 4.69) is 41.5 Å². The summed E-state index contributed by atoms with van der Waals surface area (Å²) in [6.45, 7) is 6.25.